The van der Waals surface area contributed by atoms with Crippen LogP contribution in [0, 0.1) is 18.3 Å². The van der Waals surface area contributed by atoms with Crippen molar-refractivity contribution in [3.8, 4) is 11.8 Å². The van der Waals surface area contributed by atoms with E-state index in [2.05, 4.69) is 27.1 Å². The van der Waals surface area contributed by atoms with Gasteiger partial charge in [-0.05, 0) is 25.1 Å². The van der Waals surface area contributed by atoms with Gasteiger partial charge in [0.25, 0.3) is 0 Å². The van der Waals surface area contributed by atoms with Crippen molar-refractivity contribution in [2.45, 2.75) is 13.5 Å². The molecule has 0 amide bonds. The highest BCUT2D eigenvalue weighted by Gasteiger charge is 2.12. The highest BCUT2D eigenvalue weighted by atomic mass is 79.9. The lowest BCUT2D eigenvalue weighted by Crippen LogP contribution is -2.04. The number of aromatic nitrogens is 2. The van der Waals surface area contributed by atoms with Gasteiger partial charge in [-0.2, -0.15) is 10.4 Å². The van der Waals surface area contributed by atoms with Gasteiger partial charge in [-0.1, -0.05) is 27.5 Å². The van der Waals surface area contributed by atoms with Crippen molar-refractivity contribution >= 4 is 27.5 Å². The lowest BCUT2D eigenvalue weighted by atomic mass is 10.2. The zero-order valence-corrected chi connectivity index (χ0v) is 12.8. The van der Waals surface area contributed by atoms with Crippen LogP contribution in [0.2, 0.25) is 5.02 Å². The lowest BCUT2D eigenvalue weighted by Gasteiger charge is -2.08. The molecule has 0 saturated carbocycles. The largest absolute Gasteiger partial charge is 0.486 e. The van der Waals surface area contributed by atoms with Crippen molar-refractivity contribution < 1.29 is 4.74 Å². The minimum atomic E-state index is 0.270. The Labute approximate surface area is 124 Å². The van der Waals surface area contributed by atoms with Crippen LogP contribution >= 0.6 is 27.5 Å². The Morgan fingerprint density at radius 3 is 2.84 bits per heavy atom. The van der Waals surface area contributed by atoms with Crippen LogP contribution in [-0.4, -0.2) is 9.78 Å². The molecule has 1 heterocycles. The molecular weight excluding hydrogens is 330 g/mol. The van der Waals surface area contributed by atoms with Gasteiger partial charge in [0.2, 0.25) is 0 Å². The Morgan fingerprint density at radius 1 is 1.53 bits per heavy atom. The number of rotatable bonds is 3. The van der Waals surface area contributed by atoms with Crippen molar-refractivity contribution in [1.82, 2.24) is 9.78 Å². The number of hydrogen-bond acceptors (Lipinski definition) is 3. The Kier molecular flexibility index (Phi) is 4.13. The molecule has 0 aliphatic heterocycles. The van der Waals surface area contributed by atoms with Gasteiger partial charge in [0.15, 0.2) is 0 Å². The minimum absolute atomic E-state index is 0.270. The maximum atomic E-state index is 9.06. The molecule has 6 heteroatoms. The van der Waals surface area contributed by atoms with Gasteiger partial charge in [-0.15, -0.1) is 0 Å². The molecule has 0 aliphatic rings. The van der Waals surface area contributed by atoms with Crippen LogP contribution in [0.15, 0.2) is 22.7 Å². The number of nitriles is 1. The summed E-state index contributed by atoms with van der Waals surface area (Å²) in [4.78, 5) is 0. The van der Waals surface area contributed by atoms with Crippen LogP contribution in [-0.2, 0) is 13.7 Å². The summed E-state index contributed by atoms with van der Waals surface area (Å²) in [6.07, 6.45) is 0. The van der Waals surface area contributed by atoms with E-state index in [0.29, 0.717) is 16.3 Å². The number of aryl methyl sites for hydroxylation is 2. The molecule has 0 N–H and O–H groups in total. The number of hydrogen-bond donors (Lipinski definition) is 0. The quantitative estimate of drug-likeness (QED) is 0.858. The van der Waals surface area contributed by atoms with Crippen molar-refractivity contribution in [2.75, 3.05) is 0 Å². The second-order valence-corrected chi connectivity index (χ2v) is 5.30. The zero-order valence-electron chi connectivity index (χ0n) is 10.4. The van der Waals surface area contributed by atoms with Crippen molar-refractivity contribution in [2.24, 2.45) is 7.05 Å². The molecule has 0 bridgehead atoms. The molecule has 0 aliphatic carbocycles. The Hall–Kier alpha value is -1.51. The minimum Gasteiger partial charge on any atom is -0.486 e. The molecule has 0 radical (unpaired) electrons. The summed E-state index contributed by atoms with van der Waals surface area (Å²) in [5.74, 6) is 0.528. The summed E-state index contributed by atoms with van der Waals surface area (Å²) in [5.41, 5.74) is 2.02. The smallest absolute Gasteiger partial charge is 0.137 e. The van der Waals surface area contributed by atoms with E-state index in [1.54, 1.807) is 16.8 Å². The van der Waals surface area contributed by atoms with E-state index in [9.17, 15) is 0 Å². The summed E-state index contributed by atoms with van der Waals surface area (Å²) < 4.78 is 8.18. The lowest BCUT2D eigenvalue weighted by molar-refractivity contribution is 0.294. The summed E-state index contributed by atoms with van der Waals surface area (Å²) in [5, 5.41) is 13.9. The van der Waals surface area contributed by atoms with Crippen LogP contribution < -0.4 is 4.74 Å². The first-order chi connectivity index (χ1) is 9.02. The maximum Gasteiger partial charge on any atom is 0.137 e. The first-order valence-corrected chi connectivity index (χ1v) is 6.70. The first kappa shape index (κ1) is 13.9. The van der Waals surface area contributed by atoms with Crippen LogP contribution in [0.5, 0.6) is 5.75 Å². The fourth-order valence-electron chi connectivity index (χ4n) is 1.70. The second-order valence-electron chi connectivity index (χ2n) is 4.01. The van der Waals surface area contributed by atoms with E-state index in [1.165, 1.54) is 0 Å². The van der Waals surface area contributed by atoms with Crippen LogP contribution in [0.4, 0.5) is 0 Å². The van der Waals surface area contributed by atoms with Gasteiger partial charge in [-0.25, -0.2) is 0 Å². The molecular formula is C13H11BrClN3O. The molecule has 1 aromatic heterocycles. The summed E-state index contributed by atoms with van der Waals surface area (Å²) >= 11 is 9.46. The van der Waals surface area contributed by atoms with Crippen molar-refractivity contribution in [1.29, 1.82) is 5.26 Å². The normalized spacial score (nSPS) is 10.3. The van der Waals surface area contributed by atoms with E-state index < -0.39 is 0 Å². The van der Waals surface area contributed by atoms with Gasteiger partial charge in [0.05, 0.1) is 22.0 Å². The average molecular weight is 341 g/mol. The molecule has 0 atom stereocenters. The van der Waals surface area contributed by atoms with Gasteiger partial charge < -0.3 is 4.74 Å². The number of benzene rings is 1. The van der Waals surface area contributed by atoms with Crippen molar-refractivity contribution in [3.63, 3.8) is 0 Å². The van der Waals surface area contributed by atoms with E-state index in [4.69, 9.17) is 21.6 Å². The summed E-state index contributed by atoms with van der Waals surface area (Å²) in [6, 6.07) is 7.39. The first-order valence-electron chi connectivity index (χ1n) is 5.53. The number of halogens is 2. The van der Waals surface area contributed by atoms with E-state index >= 15 is 0 Å². The third kappa shape index (κ3) is 2.91. The van der Waals surface area contributed by atoms with Gasteiger partial charge in [-0.3, -0.25) is 4.68 Å². The second kappa shape index (κ2) is 5.64. The van der Waals surface area contributed by atoms with Gasteiger partial charge in [0, 0.05) is 11.5 Å². The molecule has 2 rings (SSSR count). The fourth-order valence-corrected chi connectivity index (χ4v) is 2.27. The highest BCUT2D eigenvalue weighted by Crippen LogP contribution is 2.25. The monoisotopic (exact) mass is 339 g/mol. The van der Waals surface area contributed by atoms with Gasteiger partial charge in [0.1, 0.15) is 18.4 Å². The molecule has 0 saturated heterocycles. The van der Waals surface area contributed by atoms with Crippen LogP contribution in [0.3, 0.4) is 0 Å². The van der Waals surface area contributed by atoms with E-state index in [1.807, 2.05) is 20.0 Å². The van der Waals surface area contributed by atoms with Gasteiger partial charge >= 0.3 is 0 Å². The summed E-state index contributed by atoms with van der Waals surface area (Å²) in [7, 11) is 1.81. The maximum absolute atomic E-state index is 9.06. The number of ether oxygens (including phenoxy) is 1. The molecule has 19 heavy (non-hydrogen) atoms. The molecule has 2 aromatic rings. The van der Waals surface area contributed by atoms with Crippen molar-refractivity contribution in [3.05, 3.63) is 44.6 Å². The Morgan fingerprint density at radius 2 is 2.26 bits per heavy atom. The molecule has 0 unspecified atom stereocenters. The molecule has 4 nitrogen and oxygen atoms in total. The average Bonchev–Trinajstić information content (AvgIpc) is 2.62. The third-order valence-corrected chi connectivity index (χ3v) is 3.67. The topological polar surface area (TPSA) is 50.8 Å². The summed E-state index contributed by atoms with van der Waals surface area (Å²) in [6.45, 7) is 2.11. The predicted octanol–water partition coefficient (Wildman–Crippen LogP) is 3.60. The fraction of sp³-hybridized carbons (Fsp3) is 0.231. The predicted molar refractivity (Wildman–Crippen MR) is 76.1 cm³/mol. The number of nitrogens with zero attached hydrogens (tertiary/aromatic N) is 3. The highest BCUT2D eigenvalue weighted by molar-refractivity contribution is 9.10. The standard InChI is InChI=1S/C13H11BrClN3O/c1-8-13(15)11(18(2)17-8)7-19-12-4-3-10(14)5-9(12)6-16/h3-5H,7H2,1-2H3. The Balaban J connectivity index is 2.22. The third-order valence-electron chi connectivity index (χ3n) is 2.69. The van der Waals surface area contributed by atoms with Crippen LogP contribution in [0.1, 0.15) is 17.0 Å². The SMILES string of the molecule is Cc1nn(C)c(COc2ccc(Br)cc2C#N)c1Cl. The van der Waals surface area contributed by atoms with Crippen LogP contribution in [0.25, 0.3) is 0 Å². The van der Waals surface area contributed by atoms with E-state index in [-0.39, 0.29) is 6.61 Å². The molecule has 0 spiro atoms. The zero-order chi connectivity index (χ0) is 14.0. The molecule has 0 fully saturated rings. The molecule has 98 valence electrons. The Bertz CT molecular complexity index is 661. The molecule has 1 aromatic carbocycles. The van der Waals surface area contributed by atoms with E-state index in [0.717, 1.165) is 15.9 Å².